The zero-order valence-corrected chi connectivity index (χ0v) is 17.8. The van der Waals surface area contributed by atoms with Gasteiger partial charge < -0.3 is 5.32 Å². The number of hydrogen-bond acceptors (Lipinski definition) is 4. The van der Waals surface area contributed by atoms with Crippen LogP contribution in [0.25, 0.3) is 16.9 Å². The summed E-state index contributed by atoms with van der Waals surface area (Å²) in [5.74, 6) is 1.41. The third-order valence-corrected chi connectivity index (χ3v) is 6.51. The van der Waals surface area contributed by atoms with E-state index in [-0.39, 0.29) is 0 Å². The third-order valence-electron chi connectivity index (χ3n) is 5.17. The standard InChI is InChI=1S/C23H23N5OS/c1-27(2)30(29)19-12-10-18(11-13-19)24-22-14-20(16-6-4-3-5-7-16)25-23-15-21(17-8-9-17)26-28(22)23/h3-7,10-15,17,24H,8-9H2,1-2H3. The molecule has 0 amide bonds. The van der Waals surface area contributed by atoms with E-state index in [1.807, 2.05) is 53.0 Å². The van der Waals surface area contributed by atoms with E-state index in [0.29, 0.717) is 5.92 Å². The Morgan fingerprint density at radius 3 is 2.43 bits per heavy atom. The van der Waals surface area contributed by atoms with Crippen LogP contribution in [-0.4, -0.2) is 37.2 Å². The van der Waals surface area contributed by atoms with Crippen LogP contribution in [0.4, 0.5) is 11.5 Å². The summed E-state index contributed by atoms with van der Waals surface area (Å²) in [6.07, 6.45) is 2.39. The lowest BCUT2D eigenvalue weighted by Crippen LogP contribution is -2.15. The second-order valence-corrected chi connectivity index (χ2v) is 9.42. The molecule has 1 unspecified atom stereocenters. The molecule has 1 aliphatic carbocycles. The minimum atomic E-state index is -1.16. The molecular weight excluding hydrogens is 394 g/mol. The molecule has 0 saturated heterocycles. The topological polar surface area (TPSA) is 62.5 Å². The number of benzene rings is 2. The Morgan fingerprint density at radius 1 is 1.03 bits per heavy atom. The number of nitrogens with zero attached hydrogens (tertiary/aromatic N) is 4. The van der Waals surface area contributed by atoms with Gasteiger partial charge in [-0.05, 0) is 51.2 Å². The molecule has 1 saturated carbocycles. The predicted molar refractivity (Wildman–Crippen MR) is 120 cm³/mol. The van der Waals surface area contributed by atoms with Gasteiger partial charge in [-0.25, -0.2) is 13.5 Å². The van der Waals surface area contributed by atoms with E-state index < -0.39 is 11.0 Å². The minimum absolute atomic E-state index is 0.556. The number of hydrogen-bond donors (Lipinski definition) is 1. The van der Waals surface area contributed by atoms with Crippen LogP contribution < -0.4 is 5.32 Å². The van der Waals surface area contributed by atoms with E-state index in [1.54, 1.807) is 18.4 Å². The lowest BCUT2D eigenvalue weighted by atomic mass is 10.1. The molecule has 7 heteroatoms. The second-order valence-electron chi connectivity index (χ2n) is 7.72. The fourth-order valence-electron chi connectivity index (χ4n) is 3.43. The molecule has 1 N–H and O–H groups in total. The molecular formula is C23H23N5OS. The Bertz CT molecular complexity index is 1210. The van der Waals surface area contributed by atoms with Crippen molar-refractivity contribution >= 4 is 28.1 Å². The van der Waals surface area contributed by atoms with Crippen LogP contribution in [0.1, 0.15) is 24.5 Å². The fraction of sp³-hybridized carbons (Fsp3) is 0.217. The van der Waals surface area contributed by atoms with Crippen LogP contribution in [0.5, 0.6) is 0 Å². The molecule has 1 atom stereocenters. The Morgan fingerprint density at radius 2 is 1.77 bits per heavy atom. The number of anilines is 2. The van der Waals surface area contributed by atoms with E-state index in [1.165, 1.54) is 12.8 Å². The maximum Gasteiger partial charge on any atom is 0.158 e. The van der Waals surface area contributed by atoms with Crippen molar-refractivity contribution in [1.82, 2.24) is 18.9 Å². The summed E-state index contributed by atoms with van der Waals surface area (Å²) in [4.78, 5) is 5.62. The van der Waals surface area contributed by atoms with Crippen LogP contribution >= 0.6 is 0 Å². The van der Waals surface area contributed by atoms with Crippen molar-refractivity contribution in [3.05, 3.63) is 72.4 Å². The Labute approximate surface area is 178 Å². The molecule has 1 aliphatic rings. The largest absolute Gasteiger partial charge is 0.340 e. The van der Waals surface area contributed by atoms with E-state index in [9.17, 15) is 4.21 Å². The van der Waals surface area contributed by atoms with Gasteiger partial charge in [-0.1, -0.05) is 30.3 Å². The van der Waals surface area contributed by atoms with Gasteiger partial charge in [0.25, 0.3) is 0 Å². The first-order valence-electron chi connectivity index (χ1n) is 10.0. The lowest BCUT2D eigenvalue weighted by molar-refractivity contribution is 0.603. The molecule has 5 rings (SSSR count). The van der Waals surface area contributed by atoms with E-state index in [2.05, 4.69) is 23.5 Å². The highest BCUT2D eigenvalue weighted by Gasteiger charge is 2.27. The summed E-state index contributed by atoms with van der Waals surface area (Å²) < 4.78 is 15.8. The maximum absolute atomic E-state index is 12.3. The van der Waals surface area contributed by atoms with Crippen LogP contribution in [0.15, 0.2) is 71.6 Å². The van der Waals surface area contributed by atoms with Gasteiger partial charge in [0.2, 0.25) is 0 Å². The van der Waals surface area contributed by atoms with Crippen molar-refractivity contribution in [2.45, 2.75) is 23.7 Å². The summed E-state index contributed by atoms with van der Waals surface area (Å²) in [5, 5.41) is 8.28. The second kappa shape index (κ2) is 7.66. The van der Waals surface area contributed by atoms with Gasteiger partial charge in [0.15, 0.2) is 5.65 Å². The van der Waals surface area contributed by atoms with Crippen molar-refractivity contribution < 1.29 is 4.21 Å². The third kappa shape index (κ3) is 3.74. The molecule has 1 fully saturated rings. The first-order chi connectivity index (χ1) is 14.6. The average Bonchev–Trinajstić information content (AvgIpc) is 3.53. The number of rotatable bonds is 6. The molecule has 0 bridgehead atoms. The molecule has 0 radical (unpaired) electrons. The normalized spacial score (nSPS) is 14.9. The number of fused-ring (bicyclic) bond motifs is 1. The van der Waals surface area contributed by atoms with E-state index in [0.717, 1.165) is 39.0 Å². The molecule has 4 aromatic rings. The van der Waals surface area contributed by atoms with Crippen molar-refractivity contribution in [3.63, 3.8) is 0 Å². The van der Waals surface area contributed by atoms with Gasteiger partial charge in [0.05, 0.1) is 16.3 Å². The Kier molecular flexibility index (Phi) is 4.84. The minimum Gasteiger partial charge on any atom is -0.340 e. The SMILES string of the molecule is CN(C)S(=O)c1ccc(Nc2cc(-c3ccccc3)nc3cc(C4CC4)nn23)cc1. The molecule has 0 spiro atoms. The van der Waals surface area contributed by atoms with Crippen LogP contribution in [0.2, 0.25) is 0 Å². The smallest absolute Gasteiger partial charge is 0.158 e. The highest BCUT2D eigenvalue weighted by Crippen LogP contribution is 2.40. The maximum atomic E-state index is 12.3. The molecule has 2 aromatic carbocycles. The van der Waals surface area contributed by atoms with Crippen LogP contribution in [0, 0.1) is 0 Å². The van der Waals surface area contributed by atoms with Gasteiger partial charge in [0.1, 0.15) is 16.8 Å². The zero-order valence-electron chi connectivity index (χ0n) is 16.9. The predicted octanol–water partition coefficient (Wildman–Crippen LogP) is 4.60. The molecule has 152 valence electrons. The fourth-order valence-corrected chi connectivity index (χ4v) is 4.22. The van der Waals surface area contributed by atoms with E-state index in [4.69, 9.17) is 10.1 Å². The summed E-state index contributed by atoms with van der Waals surface area (Å²) >= 11 is 0. The summed E-state index contributed by atoms with van der Waals surface area (Å²) in [6, 6.07) is 21.9. The summed E-state index contributed by atoms with van der Waals surface area (Å²) in [5.41, 5.74) is 4.81. The lowest BCUT2D eigenvalue weighted by Gasteiger charge is -2.12. The number of aromatic nitrogens is 3. The average molecular weight is 418 g/mol. The Balaban J connectivity index is 1.54. The molecule has 30 heavy (non-hydrogen) atoms. The monoisotopic (exact) mass is 417 g/mol. The van der Waals surface area contributed by atoms with Crippen molar-refractivity contribution in [2.24, 2.45) is 0 Å². The van der Waals surface area contributed by atoms with Crippen molar-refractivity contribution in [3.8, 4) is 11.3 Å². The quantitative estimate of drug-likeness (QED) is 0.498. The molecule has 0 aliphatic heterocycles. The molecule has 6 nitrogen and oxygen atoms in total. The summed E-state index contributed by atoms with van der Waals surface area (Å²) in [7, 11) is 2.45. The Hall–Kier alpha value is -3.03. The molecule has 2 aromatic heterocycles. The van der Waals surface area contributed by atoms with Gasteiger partial charge in [-0.15, -0.1) is 0 Å². The highest BCUT2D eigenvalue weighted by molar-refractivity contribution is 7.82. The van der Waals surface area contributed by atoms with E-state index >= 15 is 0 Å². The van der Waals surface area contributed by atoms with Gasteiger partial charge >= 0.3 is 0 Å². The highest BCUT2D eigenvalue weighted by atomic mass is 32.2. The van der Waals surface area contributed by atoms with Gasteiger partial charge in [-0.2, -0.15) is 9.61 Å². The summed E-state index contributed by atoms with van der Waals surface area (Å²) in [6.45, 7) is 0. The zero-order chi connectivity index (χ0) is 20.7. The van der Waals surface area contributed by atoms with Gasteiger partial charge in [0, 0.05) is 29.3 Å². The van der Waals surface area contributed by atoms with Crippen molar-refractivity contribution in [2.75, 3.05) is 19.4 Å². The first-order valence-corrected chi connectivity index (χ1v) is 11.1. The molecule has 2 heterocycles. The first kappa shape index (κ1) is 19.0. The van der Waals surface area contributed by atoms with Crippen molar-refractivity contribution in [1.29, 1.82) is 0 Å². The van der Waals surface area contributed by atoms with Crippen LogP contribution in [-0.2, 0) is 11.0 Å². The van der Waals surface area contributed by atoms with Gasteiger partial charge in [-0.3, -0.25) is 0 Å². The van der Waals surface area contributed by atoms with Crippen LogP contribution in [0.3, 0.4) is 0 Å². The number of nitrogens with one attached hydrogen (secondary N) is 1.